The van der Waals surface area contributed by atoms with E-state index < -0.39 is 6.10 Å². The van der Waals surface area contributed by atoms with Gasteiger partial charge in [0.1, 0.15) is 0 Å². The maximum atomic E-state index is 11.7. The van der Waals surface area contributed by atoms with Gasteiger partial charge in [-0.3, -0.25) is 4.79 Å². The molecule has 0 aromatic heterocycles. The number of hydrogen-bond acceptors (Lipinski definition) is 4. The fourth-order valence-electron chi connectivity index (χ4n) is 2.60. The molecule has 0 spiro atoms. The van der Waals surface area contributed by atoms with Gasteiger partial charge in [0.05, 0.1) is 32.3 Å². The van der Waals surface area contributed by atoms with Crippen molar-refractivity contribution in [2.75, 3.05) is 42.6 Å². The molecule has 1 aromatic rings. The SMILES string of the molecule is O=C1CC(O)CN1c1ccc(N2CCOCC2)cc1. The van der Waals surface area contributed by atoms with Crippen molar-refractivity contribution in [3.63, 3.8) is 0 Å². The molecule has 1 atom stereocenters. The van der Waals surface area contributed by atoms with Crippen molar-refractivity contribution >= 4 is 17.3 Å². The van der Waals surface area contributed by atoms with E-state index in [1.54, 1.807) is 4.90 Å². The van der Waals surface area contributed by atoms with Crippen LogP contribution in [0.3, 0.4) is 0 Å². The molecule has 2 aliphatic heterocycles. The lowest BCUT2D eigenvalue weighted by molar-refractivity contribution is -0.117. The number of amides is 1. The van der Waals surface area contributed by atoms with Crippen molar-refractivity contribution in [2.45, 2.75) is 12.5 Å². The number of hydrogen-bond donors (Lipinski definition) is 1. The molecule has 1 unspecified atom stereocenters. The van der Waals surface area contributed by atoms with Crippen molar-refractivity contribution in [1.29, 1.82) is 0 Å². The first kappa shape index (κ1) is 12.4. The summed E-state index contributed by atoms with van der Waals surface area (Å²) in [6.07, 6.45) is -0.308. The molecule has 0 aliphatic carbocycles. The summed E-state index contributed by atoms with van der Waals surface area (Å²) >= 11 is 0. The molecule has 1 aromatic carbocycles. The van der Waals surface area contributed by atoms with Gasteiger partial charge in [-0.25, -0.2) is 0 Å². The molecule has 5 nitrogen and oxygen atoms in total. The summed E-state index contributed by atoms with van der Waals surface area (Å²) in [5.41, 5.74) is 2.01. The van der Waals surface area contributed by atoms with Gasteiger partial charge in [0.15, 0.2) is 0 Å². The minimum atomic E-state index is -0.536. The number of benzene rings is 1. The number of ether oxygens (including phenoxy) is 1. The van der Waals surface area contributed by atoms with Crippen molar-refractivity contribution in [3.8, 4) is 0 Å². The number of morpholine rings is 1. The molecule has 3 rings (SSSR count). The number of carbonyl (C=O) groups is 1. The third kappa shape index (κ3) is 2.57. The van der Waals surface area contributed by atoms with Gasteiger partial charge >= 0.3 is 0 Å². The Morgan fingerprint density at radius 3 is 2.32 bits per heavy atom. The van der Waals surface area contributed by atoms with Crippen molar-refractivity contribution in [1.82, 2.24) is 0 Å². The summed E-state index contributed by atoms with van der Waals surface area (Å²) in [5, 5.41) is 9.51. The molecule has 0 radical (unpaired) electrons. The summed E-state index contributed by atoms with van der Waals surface area (Å²) in [4.78, 5) is 15.6. The standard InChI is InChI=1S/C14H18N2O3/c17-13-9-14(18)16(10-13)12-3-1-11(2-4-12)15-5-7-19-8-6-15/h1-4,13,17H,5-10H2. The van der Waals surface area contributed by atoms with Crippen LogP contribution < -0.4 is 9.80 Å². The average Bonchev–Trinajstić information content (AvgIpc) is 2.79. The third-order valence-corrected chi connectivity index (χ3v) is 3.64. The average molecular weight is 262 g/mol. The molecule has 19 heavy (non-hydrogen) atoms. The van der Waals surface area contributed by atoms with Gasteiger partial charge in [-0.15, -0.1) is 0 Å². The Labute approximate surface area is 112 Å². The van der Waals surface area contributed by atoms with E-state index in [0.717, 1.165) is 37.7 Å². The van der Waals surface area contributed by atoms with Gasteiger partial charge < -0.3 is 19.6 Å². The Kier molecular flexibility index (Phi) is 3.40. The maximum absolute atomic E-state index is 11.7. The number of rotatable bonds is 2. The van der Waals surface area contributed by atoms with Gasteiger partial charge in [-0.2, -0.15) is 0 Å². The molecule has 0 saturated carbocycles. The molecule has 102 valence electrons. The normalized spacial score (nSPS) is 24.1. The summed E-state index contributed by atoms with van der Waals surface area (Å²) in [5.74, 6) is -0.00776. The van der Waals surface area contributed by atoms with Crippen LogP contribution >= 0.6 is 0 Å². The smallest absolute Gasteiger partial charge is 0.229 e. The van der Waals surface area contributed by atoms with E-state index in [0.29, 0.717) is 6.54 Å². The number of nitrogens with zero attached hydrogens (tertiary/aromatic N) is 2. The van der Waals surface area contributed by atoms with Crippen LogP contribution in [-0.2, 0) is 9.53 Å². The van der Waals surface area contributed by atoms with Gasteiger partial charge in [0, 0.05) is 24.5 Å². The fraction of sp³-hybridized carbons (Fsp3) is 0.500. The second kappa shape index (κ2) is 5.19. The second-order valence-electron chi connectivity index (χ2n) is 4.98. The fourth-order valence-corrected chi connectivity index (χ4v) is 2.60. The summed E-state index contributed by atoms with van der Waals surface area (Å²) in [7, 11) is 0. The van der Waals surface area contributed by atoms with Crippen LogP contribution in [0.2, 0.25) is 0 Å². The summed E-state index contributed by atoms with van der Waals surface area (Å²) in [6, 6.07) is 7.94. The highest BCUT2D eigenvalue weighted by Crippen LogP contribution is 2.25. The Morgan fingerprint density at radius 1 is 1.11 bits per heavy atom. The molecule has 2 saturated heterocycles. The lowest BCUT2D eigenvalue weighted by Gasteiger charge is -2.29. The van der Waals surface area contributed by atoms with Crippen LogP contribution in [-0.4, -0.2) is 50.0 Å². The first-order valence-electron chi connectivity index (χ1n) is 6.65. The molecule has 2 heterocycles. The first-order valence-corrected chi connectivity index (χ1v) is 6.65. The lowest BCUT2D eigenvalue weighted by Crippen LogP contribution is -2.36. The van der Waals surface area contributed by atoms with Crippen LogP contribution in [0, 0.1) is 0 Å². The molecule has 1 amide bonds. The van der Waals surface area contributed by atoms with Crippen molar-refractivity contribution in [3.05, 3.63) is 24.3 Å². The van der Waals surface area contributed by atoms with E-state index in [2.05, 4.69) is 4.90 Å². The quantitative estimate of drug-likeness (QED) is 0.849. The Morgan fingerprint density at radius 2 is 1.74 bits per heavy atom. The van der Waals surface area contributed by atoms with Crippen LogP contribution in [0.25, 0.3) is 0 Å². The zero-order valence-corrected chi connectivity index (χ0v) is 10.8. The minimum absolute atomic E-state index is 0.00776. The number of carbonyl (C=O) groups excluding carboxylic acids is 1. The van der Waals surface area contributed by atoms with Crippen LogP contribution in [0.4, 0.5) is 11.4 Å². The molecular formula is C14H18N2O3. The van der Waals surface area contributed by atoms with E-state index in [-0.39, 0.29) is 12.3 Å². The molecule has 5 heteroatoms. The largest absolute Gasteiger partial charge is 0.391 e. The summed E-state index contributed by atoms with van der Waals surface area (Å²) < 4.78 is 5.33. The Hall–Kier alpha value is -1.59. The zero-order valence-electron chi connectivity index (χ0n) is 10.8. The molecule has 2 aliphatic rings. The van der Waals surface area contributed by atoms with Crippen LogP contribution in [0.1, 0.15) is 6.42 Å². The van der Waals surface area contributed by atoms with E-state index in [1.807, 2.05) is 24.3 Å². The predicted molar refractivity (Wildman–Crippen MR) is 72.5 cm³/mol. The van der Waals surface area contributed by atoms with Crippen molar-refractivity contribution < 1.29 is 14.6 Å². The van der Waals surface area contributed by atoms with E-state index in [9.17, 15) is 9.90 Å². The highest BCUT2D eigenvalue weighted by atomic mass is 16.5. The predicted octanol–water partition coefficient (Wildman–Crippen LogP) is 0.621. The Bertz CT molecular complexity index is 454. The second-order valence-corrected chi connectivity index (χ2v) is 4.98. The monoisotopic (exact) mass is 262 g/mol. The number of aliphatic hydroxyl groups is 1. The van der Waals surface area contributed by atoms with Gasteiger partial charge in [-0.1, -0.05) is 0 Å². The molecular weight excluding hydrogens is 244 g/mol. The topological polar surface area (TPSA) is 53.0 Å². The van der Waals surface area contributed by atoms with Crippen LogP contribution in [0.5, 0.6) is 0 Å². The molecule has 0 bridgehead atoms. The van der Waals surface area contributed by atoms with E-state index >= 15 is 0 Å². The van der Waals surface area contributed by atoms with Gasteiger partial charge in [0.2, 0.25) is 5.91 Å². The first-order chi connectivity index (χ1) is 9.24. The maximum Gasteiger partial charge on any atom is 0.229 e. The number of anilines is 2. The third-order valence-electron chi connectivity index (χ3n) is 3.64. The zero-order chi connectivity index (χ0) is 13.2. The minimum Gasteiger partial charge on any atom is -0.391 e. The number of β-amino-alcohol motifs (C(OH)–C–C–N with tert-alkyl or cyclic N) is 1. The van der Waals surface area contributed by atoms with Crippen LogP contribution in [0.15, 0.2) is 24.3 Å². The van der Waals surface area contributed by atoms with Gasteiger partial charge in [-0.05, 0) is 24.3 Å². The number of aliphatic hydroxyl groups excluding tert-OH is 1. The van der Waals surface area contributed by atoms with Gasteiger partial charge in [0.25, 0.3) is 0 Å². The molecule has 2 fully saturated rings. The van der Waals surface area contributed by atoms with Crippen molar-refractivity contribution in [2.24, 2.45) is 0 Å². The van der Waals surface area contributed by atoms with E-state index in [1.165, 1.54) is 0 Å². The highest BCUT2D eigenvalue weighted by molar-refractivity contribution is 5.96. The lowest BCUT2D eigenvalue weighted by atomic mass is 10.2. The highest BCUT2D eigenvalue weighted by Gasteiger charge is 2.28. The summed E-state index contributed by atoms with van der Waals surface area (Å²) in [6.45, 7) is 3.73. The van der Waals surface area contributed by atoms with E-state index in [4.69, 9.17) is 4.74 Å². The Balaban J connectivity index is 1.73. The molecule has 1 N–H and O–H groups in total.